The Hall–Kier alpha value is -1.60. The van der Waals surface area contributed by atoms with Crippen molar-refractivity contribution in [1.82, 2.24) is 0 Å². The van der Waals surface area contributed by atoms with Gasteiger partial charge in [-0.15, -0.1) is 0 Å². The van der Waals surface area contributed by atoms with Gasteiger partial charge in [-0.05, 0) is 45.0 Å². The molecule has 0 bridgehead atoms. The molecule has 1 rings (SSSR count). The van der Waals surface area contributed by atoms with Crippen LogP contribution in [-0.2, 0) is 14.6 Å². The van der Waals surface area contributed by atoms with Crippen LogP contribution in [-0.4, -0.2) is 37.6 Å². The van der Waals surface area contributed by atoms with Gasteiger partial charge in [0.1, 0.15) is 5.60 Å². The predicted molar refractivity (Wildman–Crippen MR) is 75.4 cm³/mol. The van der Waals surface area contributed by atoms with Crippen molar-refractivity contribution in [2.24, 2.45) is 0 Å². The van der Waals surface area contributed by atoms with Crippen LogP contribution < -0.4 is 5.32 Å². The van der Waals surface area contributed by atoms with Crippen LogP contribution in [0.2, 0.25) is 0 Å². The molecule has 1 aromatic rings. The number of carbonyl (C=O) groups is 1. The molecule has 0 atom stereocenters. The van der Waals surface area contributed by atoms with E-state index in [2.05, 4.69) is 5.32 Å². The fraction of sp³-hybridized carbons (Fsp3) is 0.462. The topological polar surface area (TPSA) is 92.7 Å². The molecule has 2 N–H and O–H groups in total. The van der Waals surface area contributed by atoms with Crippen LogP contribution in [0.4, 0.5) is 10.5 Å². The number of hydrogen-bond acceptors (Lipinski definition) is 5. The van der Waals surface area contributed by atoms with Gasteiger partial charge in [-0.2, -0.15) is 0 Å². The quantitative estimate of drug-likeness (QED) is 0.884. The summed E-state index contributed by atoms with van der Waals surface area (Å²) >= 11 is 0. The predicted octanol–water partition coefficient (Wildman–Crippen LogP) is 1.80. The largest absolute Gasteiger partial charge is 0.444 e. The maximum Gasteiger partial charge on any atom is 0.412 e. The van der Waals surface area contributed by atoms with Crippen molar-refractivity contribution in [2.75, 3.05) is 17.7 Å². The highest BCUT2D eigenvalue weighted by Crippen LogP contribution is 2.16. The fourth-order valence-electron chi connectivity index (χ4n) is 1.41. The number of hydrogen-bond donors (Lipinski definition) is 2. The van der Waals surface area contributed by atoms with E-state index in [1.807, 2.05) is 0 Å². The van der Waals surface area contributed by atoms with Crippen molar-refractivity contribution in [1.29, 1.82) is 0 Å². The Bertz CT molecular complexity index is 557. The summed E-state index contributed by atoms with van der Waals surface area (Å²) in [6, 6.07) is 5.68. The van der Waals surface area contributed by atoms with Crippen LogP contribution >= 0.6 is 0 Å². The summed E-state index contributed by atoms with van der Waals surface area (Å²) < 4.78 is 28.4. The standard InChI is InChI=1S/C13H19NO5S/c1-13(2,3)19-12(16)14-10-4-6-11(7-5-10)20(17,18)9-8-15/h4-7,15H,8-9H2,1-3H3,(H,14,16). The van der Waals surface area contributed by atoms with Gasteiger partial charge in [0, 0.05) is 5.69 Å². The van der Waals surface area contributed by atoms with Crippen molar-refractivity contribution in [3.63, 3.8) is 0 Å². The van der Waals surface area contributed by atoms with Crippen LogP contribution in [0.15, 0.2) is 29.2 Å². The van der Waals surface area contributed by atoms with Crippen LogP contribution in [0.1, 0.15) is 20.8 Å². The van der Waals surface area contributed by atoms with Gasteiger partial charge in [0.15, 0.2) is 9.84 Å². The van der Waals surface area contributed by atoms with E-state index in [4.69, 9.17) is 9.84 Å². The number of carbonyl (C=O) groups excluding carboxylic acids is 1. The van der Waals surface area contributed by atoms with Crippen LogP contribution in [0, 0.1) is 0 Å². The summed E-state index contributed by atoms with van der Waals surface area (Å²) in [7, 11) is -3.48. The molecular weight excluding hydrogens is 282 g/mol. The Morgan fingerprint density at radius 1 is 1.25 bits per heavy atom. The average Bonchev–Trinajstić information content (AvgIpc) is 2.26. The van der Waals surface area contributed by atoms with Crippen molar-refractivity contribution >= 4 is 21.6 Å². The van der Waals surface area contributed by atoms with E-state index >= 15 is 0 Å². The minimum absolute atomic E-state index is 0.0984. The van der Waals surface area contributed by atoms with Crippen molar-refractivity contribution in [3.05, 3.63) is 24.3 Å². The first kappa shape index (κ1) is 16.5. The Labute approximate surface area is 118 Å². The molecule has 0 aliphatic rings. The average molecular weight is 301 g/mol. The zero-order valence-electron chi connectivity index (χ0n) is 11.7. The third-order valence-corrected chi connectivity index (χ3v) is 3.93. The number of benzene rings is 1. The summed E-state index contributed by atoms with van der Waals surface area (Å²) in [6.07, 6.45) is -0.608. The fourth-order valence-corrected chi connectivity index (χ4v) is 2.43. The molecule has 0 fully saturated rings. The lowest BCUT2D eigenvalue weighted by Gasteiger charge is -2.19. The number of aliphatic hydroxyl groups is 1. The third-order valence-electron chi connectivity index (χ3n) is 2.22. The van der Waals surface area contributed by atoms with E-state index < -0.39 is 28.1 Å². The summed E-state index contributed by atoms with van der Waals surface area (Å²) in [5, 5.41) is 11.2. The molecule has 1 aromatic carbocycles. The van der Waals surface area contributed by atoms with E-state index in [1.54, 1.807) is 20.8 Å². The summed E-state index contributed by atoms with van der Waals surface area (Å²) in [5.41, 5.74) is -0.170. The molecule has 1 amide bonds. The zero-order chi connectivity index (χ0) is 15.4. The summed E-state index contributed by atoms with van der Waals surface area (Å²) in [5.74, 6) is -0.328. The number of ether oxygens (including phenoxy) is 1. The first-order valence-corrected chi connectivity index (χ1v) is 7.73. The minimum Gasteiger partial charge on any atom is -0.444 e. The van der Waals surface area contributed by atoms with Crippen LogP contribution in [0.25, 0.3) is 0 Å². The highest BCUT2D eigenvalue weighted by Gasteiger charge is 2.17. The lowest BCUT2D eigenvalue weighted by Crippen LogP contribution is -2.27. The van der Waals surface area contributed by atoms with Crippen LogP contribution in [0.3, 0.4) is 0 Å². The Kier molecular flexibility index (Phi) is 5.13. The molecule has 112 valence electrons. The first-order chi connectivity index (χ1) is 9.14. The molecule has 0 unspecified atom stereocenters. The molecule has 0 radical (unpaired) electrons. The molecule has 6 nitrogen and oxygen atoms in total. The van der Waals surface area contributed by atoms with Gasteiger partial charge < -0.3 is 9.84 Å². The number of aliphatic hydroxyl groups excluding tert-OH is 1. The molecule has 0 saturated carbocycles. The lowest BCUT2D eigenvalue weighted by atomic mass is 10.2. The molecule has 0 heterocycles. The highest BCUT2D eigenvalue weighted by atomic mass is 32.2. The van der Waals surface area contributed by atoms with E-state index in [-0.39, 0.29) is 10.6 Å². The van der Waals surface area contributed by atoms with Crippen molar-refractivity contribution in [3.8, 4) is 0 Å². The zero-order valence-corrected chi connectivity index (χ0v) is 12.5. The second-order valence-corrected chi connectivity index (χ2v) is 7.30. The van der Waals surface area contributed by atoms with Crippen molar-refractivity contribution < 1.29 is 23.1 Å². The van der Waals surface area contributed by atoms with Gasteiger partial charge in [-0.1, -0.05) is 0 Å². The Morgan fingerprint density at radius 2 is 1.80 bits per heavy atom. The number of nitrogens with one attached hydrogen (secondary N) is 1. The molecule has 0 aliphatic heterocycles. The summed E-state index contributed by atoms with van der Waals surface area (Å²) in [4.78, 5) is 11.6. The van der Waals surface area contributed by atoms with E-state index in [1.165, 1.54) is 24.3 Å². The smallest absolute Gasteiger partial charge is 0.412 e. The van der Waals surface area contributed by atoms with Crippen molar-refractivity contribution in [2.45, 2.75) is 31.3 Å². The van der Waals surface area contributed by atoms with Gasteiger partial charge in [-0.3, -0.25) is 5.32 Å². The van der Waals surface area contributed by atoms with Gasteiger partial charge in [0.25, 0.3) is 0 Å². The molecule has 0 spiro atoms. The number of anilines is 1. The van der Waals surface area contributed by atoms with E-state index in [0.29, 0.717) is 5.69 Å². The monoisotopic (exact) mass is 301 g/mol. The molecule has 7 heteroatoms. The number of amides is 1. The second kappa shape index (κ2) is 6.23. The molecule has 0 aliphatic carbocycles. The Balaban J connectivity index is 2.75. The van der Waals surface area contributed by atoms with Gasteiger partial charge >= 0.3 is 6.09 Å². The third kappa shape index (κ3) is 5.18. The highest BCUT2D eigenvalue weighted by molar-refractivity contribution is 7.91. The number of rotatable bonds is 4. The maximum atomic E-state index is 11.7. The van der Waals surface area contributed by atoms with Gasteiger partial charge in [-0.25, -0.2) is 13.2 Å². The number of sulfone groups is 1. The molecule has 20 heavy (non-hydrogen) atoms. The molecule has 0 saturated heterocycles. The van der Waals surface area contributed by atoms with E-state index in [0.717, 1.165) is 0 Å². The normalized spacial score (nSPS) is 12.0. The van der Waals surface area contributed by atoms with Crippen LogP contribution in [0.5, 0.6) is 0 Å². The van der Waals surface area contributed by atoms with E-state index in [9.17, 15) is 13.2 Å². The SMILES string of the molecule is CC(C)(C)OC(=O)Nc1ccc(S(=O)(=O)CCO)cc1. The molecule has 0 aromatic heterocycles. The minimum atomic E-state index is -3.48. The molecular formula is C13H19NO5S. The lowest BCUT2D eigenvalue weighted by molar-refractivity contribution is 0.0636. The first-order valence-electron chi connectivity index (χ1n) is 6.08. The summed E-state index contributed by atoms with van der Waals surface area (Å²) in [6.45, 7) is 4.81. The van der Waals surface area contributed by atoms with Gasteiger partial charge in [0.05, 0.1) is 17.3 Å². The second-order valence-electron chi connectivity index (χ2n) is 5.19. The maximum absolute atomic E-state index is 11.7. The van der Waals surface area contributed by atoms with Gasteiger partial charge in [0.2, 0.25) is 0 Å². The Morgan fingerprint density at radius 3 is 2.25 bits per heavy atom.